The molecule has 162 valence electrons. The fourth-order valence-corrected chi connectivity index (χ4v) is 4.20. The smallest absolute Gasteiger partial charge is 0.251 e. The van der Waals surface area contributed by atoms with Gasteiger partial charge in [0, 0.05) is 25.3 Å². The second kappa shape index (κ2) is 10.9. The number of amides is 1. The van der Waals surface area contributed by atoms with Gasteiger partial charge in [0.05, 0.1) is 18.8 Å². The van der Waals surface area contributed by atoms with Gasteiger partial charge in [-0.3, -0.25) is 9.69 Å². The van der Waals surface area contributed by atoms with Gasteiger partial charge in [0.25, 0.3) is 5.91 Å². The summed E-state index contributed by atoms with van der Waals surface area (Å²) >= 11 is 0. The van der Waals surface area contributed by atoms with Gasteiger partial charge in [0.15, 0.2) is 0 Å². The number of hydrogen-bond donors (Lipinski definition) is 2. The van der Waals surface area contributed by atoms with E-state index < -0.39 is 6.10 Å². The third-order valence-electron chi connectivity index (χ3n) is 6.03. The molecule has 2 aliphatic rings. The molecule has 2 fully saturated rings. The summed E-state index contributed by atoms with van der Waals surface area (Å²) < 4.78 is 10.5. The molecule has 1 amide bonds. The Hall–Kier alpha value is -1.67. The van der Waals surface area contributed by atoms with Crippen molar-refractivity contribution in [2.75, 3.05) is 53.6 Å². The normalized spacial score (nSPS) is 24.8. The van der Waals surface area contributed by atoms with Crippen LogP contribution in [0.2, 0.25) is 0 Å². The van der Waals surface area contributed by atoms with Crippen LogP contribution < -0.4 is 10.1 Å². The number of benzene rings is 1. The van der Waals surface area contributed by atoms with Crippen LogP contribution in [-0.4, -0.2) is 92.6 Å². The van der Waals surface area contributed by atoms with E-state index in [1.54, 1.807) is 31.4 Å². The summed E-state index contributed by atoms with van der Waals surface area (Å²) in [4.78, 5) is 17.6. The molecule has 1 aromatic rings. The standard InChI is InChI=1S/C22H35N3O4/c1-24-12-9-18(10-13-24)25-11-3-4-21(26)20(16-25)23-22(27)17-5-7-19(8-6-17)29-15-14-28-2/h5-8,18,20-21,26H,3-4,9-16H2,1-2H3,(H,23,27)/t20-,21-/m1/s1. The van der Waals surface area contributed by atoms with Crippen LogP contribution in [0.15, 0.2) is 24.3 Å². The number of ether oxygens (including phenoxy) is 2. The van der Waals surface area contributed by atoms with Crippen LogP contribution in [0, 0.1) is 0 Å². The number of carbonyl (C=O) groups excluding carboxylic acids is 1. The molecule has 0 radical (unpaired) electrons. The maximum atomic E-state index is 12.8. The topological polar surface area (TPSA) is 74.3 Å². The fraction of sp³-hybridized carbons (Fsp3) is 0.682. The van der Waals surface area contributed by atoms with Gasteiger partial charge in [-0.05, 0) is 76.6 Å². The summed E-state index contributed by atoms with van der Waals surface area (Å²) in [6, 6.07) is 7.39. The number of aliphatic hydroxyl groups excluding tert-OH is 1. The van der Waals surface area contributed by atoms with E-state index in [1.807, 2.05) is 0 Å². The number of methoxy groups -OCH3 is 1. The molecule has 7 nitrogen and oxygen atoms in total. The Labute approximate surface area is 174 Å². The summed E-state index contributed by atoms with van der Waals surface area (Å²) in [5.41, 5.74) is 0.575. The number of rotatable bonds is 7. The first-order valence-corrected chi connectivity index (χ1v) is 10.7. The summed E-state index contributed by atoms with van der Waals surface area (Å²) in [5.74, 6) is 0.560. The molecule has 2 N–H and O–H groups in total. The van der Waals surface area contributed by atoms with E-state index in [9.17, 15) is 9.90 Å². The zero-order chi connectivity index (χ0) is 20.6. The van der Waals surface area contributed by atoms with Crippen LogP contribution in [0.1, 0.15) is 36.0 Å². The van der Waals surface area contributed by atoms with Gasteiger partial charge in [-0.15, -0.1) is 0 Å². The molecule has 7 heteroatoms. The Morgan fingerprint density at radius 3 is 2.55 bits per heavy atom. The third-order valence-corrected chi connectivity index (χ3v) is 6.03. The van der Waals surface area contributed by atoms with E-state index in [2.05, 4.69) is 22.2 Å². The molecule has 2 heterocycles. The summed E-state index contributed by atoms with van der Waals surface area (Å²) in [5, 5.41) is 13.7. The average Bonchev–Trinajstić information content (AvgIpc) is 2.91. The Balaban J connectivity index is 1.57. The first kappa shape index (κ1) is 22.0. The summed E-state index contributed by atoms with van der Waals surface area (Å²) in [6.07, 6.45) is 3.48. The van der Waals surface area contributed by atoms with Gasteiger partial charge >= 0.3 is 0 Å². The van der Waals surface area contributed by atoms with Crippen LogP contribution >= 0.6 is 0 Å². The lowest BCUT2D eigenvalue weighted by molar-refractivity contribution is 0.0723. The van der Waals surface area contributed by atoms with Crippen molar-refractivity contribution in [3.05, 3.63) is 29.8 Å². The molecular formula is C22H35N3O4. The lowest BCUT2D eigenvalue weighted by atomic mass is 10.0. The second-order valence-corrected chi connectivity index (χ2v) is 8.18. The number of carbonyl (C=O) groups is 1. The minimum atomic E-state index is -0.508. The number of hydrogen-bond acceptors (Lipinski definition) is 6. The van der Waals surface area contributed by atoms with E-state index in [0.717, 1.165) is 45.3 Å². The van der Waals surface area contributed by atoms with Crippen molar-refractivity contribution in [2.24, 2.45) is 0 Å². The predicted molar refractivity (Wildman–Crippen MR) is 112 cm³/mol. The van der Waals surface area contributed by atoms with Crippen molar-refractivity contribution < 1.29 is 19.4 Å². The summed E-state index contributed by atoms with van der Waals surface area (Å²) in [7, 11) is 3.80. The molecule has 1 aromatic carbocycles. The quantitative estimate of drug-likeness (QED) is 0.668. The molecule has 2 saturated heterocycles. The van der Waals surface area contributed by atoms with Crippen molar-refractivity contribution in [1.29, 1.82) is 0 Å². The Bertz CT molecular complexity index is 631. The molecule has 2 atom stereocenters. The van der Waals surface area contributed by atoms with Crippen molar-refractivity contribution in [1.82, 2.24) is 15.1 Å². The lowest BCUT2D eigenvalue weighted by Gasteiger charge is -2.38. The predicted octanol–water partition coefficient (Wildman–Crippen LogP) is 1.36. The highest BCUT2D eigenvalue weighted by atomic mass is 16.5. The molecule has 0 spiro atoms. The molecule has 0 unspecified atom stereocenters. The Kier molecular flexibility index (Phi) is 8.29. The lowest BCUT2D eigenvalue weighted by Crippen LogP contribution is -2.52. The number of nitrogens with zero attached hydrogens (tertiary/aromatic N) is 2. The van der Waals surface area contributed by atoms with Crippen LogP contribution in [0.5, 0.6) is 5.75 Å². The highest BCUT2D eigenvalue weighted by Crippen LogP contribution is 2.21. The van der Waals surface area contributed by atoms with E-state index in [1.165, 1.54) is 0 Å². The monoisotopic (exact) mass is 405 g/mol. The van der Waals surface area contributed by atoms with Crippen molar-refractivity contribution in [3.63, 3.8) is 0 Å². The van der Waals surface area contributed by atoms with Crippen molar-refractivity contribution in [2.45, 2.75) is 43.9 Å². The zero-order valence-corrected chi connectivity index (χ0v) is 17.7. The van der Waals surface area contributed by atoms with E-state index >= 15 is 0 Å². The SMILES string of the molecule is COCCOc1ccc(C(=O)N[C@@H]2CN(C3CCN(C)CC3)CCC[C@H]2O)cc1. The maximum absolute atomic E-state index is 12.8. The molecule has 0 bridgehead atoms. The van der Waals surface area contributed by atoms with Gasteiger partial charge in [0.1, 0.15) is 12.4 Å². The first-order chi connectivity index (χ1) is 14.1. The molecule has 29 heavy (non-hydrogen) atoms. The Morgan fingerprint density at radius 1 is 1.14 bits per heavy atom. The number of piperidine rings is 1. The molecule has 2 aliphatic heterocycles. The fourth-order valence-electron chi connectivity index (χ4n) is 4.20. The van der Waals surface area contributed by atoms with Crippen molar-refractivity contribution >= 4 is 5.91 Å². The van der Waals surface area contributed by atoms with Gasteiger partial charge < -0.3 is 24.8 Å². The number of nitrogens with one attached hydrogen (secondary N) is 1. The van der Waals surface area contributed by atoms with Crippen LogP contribution in [-0.2, 0) is 4.74 Å². The first-order valence-electron chi connectivity index (χ1n) is 10.7. The van der Waals surface area contributed by atoms with Crippen LogP contribution in [0.4, 0.5) is 0 Å². The van der Waals surface area contributed by atoms with E-state index in [-0.39, 0.29) is 11.9 Å². The molecule has 0 aliphatic carbocycles. The molecule has 0 saturated carbocycles. The van der Waals surface area contributed by atoms with Gasteiger partial charge in [-0.25, -0.2) is 0 Å². The maximum Gasteiger partial charge on any atom is 0.251 e. The Morgan fingerprint density at radius 2 is 1.86 bits per heavy atom. The van der Waals surface area contributed by atoms with Gasteiger partial charge in [0.2, 0.25) is 0 Å². The highest BCUT2D eigenvalue weighted by Gasteiger charge is 2.31. The minimum absolute atomic E-state index is 0.150. The van der Waals surface area contributed by atoms with Crippen molar-refractivity contribution in [3.8, 4) is 5.75 Å². The average molecular weight is 406 g/mol. The molecule has 0 aromatic heterocycles. The minimum Gasteiger partial charge on any atom is -0.491 e. The van der Waals surface area contributed by atoms with Gasteiger partial charge in [-0.2, -0.15) is 0 Å². The van der Waals surface area contributed by atoms with Crippen LogP contribution in [0.25, 0.3) is 0 Å². The van der Waals surface area contributed by atoms with E-state index in [0.29, 0.717) is 37.1 Å². The zero-order valence-electron chi connectivity index (χ0n) is 17.7. The van der Waals surface area contributed by atoms with Gasteiger partial charge in [-0.1, -0.05) is 0 Å². The number of aliphatic hydroxyl groups is 1. The highest BCUT2D eigenvalue weighted by molar-refractivity contribution is 5.94. The largest absolute Gasteiger partial charge is 0.491 e. The van der Waals surface area contributed by atoms with Crippen LogP contribution in [0.3, 0.4) is 0 Å². The molecular weight excluding hydrogens is 370 g/mol. The molecule has 3 rings (SSSR count). The summed E-state index contributed by atoms with van der Waals surface area (Å²) in [6.45, 7) is 4.92. The van der Waals surface area contributed by atoms with E-state index in [4.69, 9.17) is 9.47 Å². The third kappa shape index (κ3) is 6.40. The number of likely N-dealkylation sites (tertiary alicyclic amines) is 2. The second-order valence-electron chi connectivity index (χ2n) is 8.18.